The van der Waals surface area contributed by atoms with E-state index in [-0.39, 0.29) is 0 Å². The zero-order chi connectivity index (χ0) is 11.5. The van der Waals surface area contributed by atoms with Gasteiger partial charge in [0, 0.05) is 32.8 Å². The van der Waals surface area contributed by atoms with Gasteiger partial charge in [-0.3, -0.25) is 4.98 Å². The van der Waals surface area contributed by atoms with Crippen LogP contribution in [0.3, 0.4) is 0 Å². The first-order valence-corrected chi connectivity index (χ1v) is 5.84. The van der Waals surface area contributed by atoms with Crippen LogP contribution in [0.1, 0.15) is 24.5 Å². The molecule has 0 aliphatic carbocycles. The number of nitrogens with zero attached hydrogens (tertiary/aromatic N) is 4. The Hall–Kier alpha value is -1.16. The van der Waals surface area contributed by atoms with Crippen LogP contribution in [0, 0.1) is 0 Å². The smallest absolute Gasteiger partial charge is 0.146 e. The van der Waals surface area contributed by atoms with E-state index in [0.29, 0.717) is 5.92 Å². The summed E-state index contributed by atoms with van der Waals surface area (Å²) in [5.74, 6) is 1.50. The molecule has 16 heavy (non-hydrogen) atoms. The summed E-state index contributed by atoms with van der Waals surface area (Å²) in [6.07, 6.45) is 6.22. The Balaban J connectivity index is 2.16. The predicted molar refractivity (Wildman–Crippen MR) is 65.8 cm³/mol. The lowest BCUT2D eigenvalue weighted by molar-refractivity contribution is 0.248. The first-order chi connectivity index (χ1) is 7.66. The molecule has 4 heteroatoms. The predicted octanol–water partition coefficient (Wildman–Crippen LogP) is 1.35. The number of anilines is 1. The molecular weight excluding hydrogens is 200 g/mol. The zero-order valence-corrected chi connectivity index (χ0v) is 10.3. The maximum absolute atomic E-state index is 4.67. The molecule has 2 heterocycles. The van der Waals surface area contributed by atoms with Crippen LogP contribution in [-0.4, -0.2) is 49.1 Å². The van der Waals surface area contributed by atoms with Gasteiger partial charge in [0.1, 0.15) is 5.82 Å². The zero-order valence-electron chi connectivity index (χ0n) is 10.3. The van der Waals surface area contributed by atoms with Gasteiger partial charge in [0.05, 0.1) is 11.9 Å². The maximum Gasteiger partial charge on any atom is 0.146 e. The van der Waals surface area contributed by atoms with Crippen molar-refractivity contribution in [1.82, 2.24) is 14.9 Å². The van der Waals surface area contributed by atoms with Crippen molar-refractivity contribution in [2.45, 2.75) is 18.8 Å². The van der Waals surface area contributed by atoms with Crippen molar-refractivity contribution >= 4 is 5.82 Å². The van der Waals surface area contributed by atoms with Crippen LogP contribution in [-0.2, 0) is 0 Å². The van der Waals surface area contributed by atoms with E-state index in [1.807, 2.05) is 31.4 Å². The molecule has 0 N–H and O–H groups in total. The fourth-order valence-electron chi connectivity index (χ4n) is 2.19. The molecule has 0 radical (unpaired) electrons. The minimum absolute atomic E-state index is 0.547. The Morgan fingerprint density at radius 2 is 2.19 bits per heavy atom. The van der Waals surface area contributed by atoms with Crippen molar-refractivity contribution in [2.24, 2.45) is 0 Å². The molecule has 1 fully saturated rings. The second-order valence-electron chi connectivity index (χ2n) is 4.80. The maximum atomic E-state index is 4.67. The molecule has 0 amide bonds. The molecule has 1 aliphatic heterocycles. The van der Waals surface area contributed by atoms with E-state index in [2.05, 4.69) is 21.9 Å². The van der Waals surface area contributed by atoms with E-state index in [0.717, 1.165) is 18.1 Å². The molecule has 1 atom stereocenters. The van der Waals surface area contributed by atoms with Crippen molar-refractivity contribution in [1.29, 1.82) is 0 Å². The Kier molecular flexibility index (Phi) is 3.39. The summed E-state index contributed by atoms with van der Waals surface area (Å²) in [5, 5.41) is 0. The summed E-state index contributed by atoms with van der Waals surface area (Å²) in [4.78, 5) is 13.3. The number of likely N-dealkylation sites (tertiary alicyclic amines) is 1. The highest BCUT2D eigenvalue weighted by atomic mass is 15.2. The molecule has 1 aliphatic rings. The van der Waals surface area contributed by atoms with Crippen molar-refractivity contribution in [3.63, 3.8) is 0 Å². The average Bonchev–Trinajstić information content (AvgIpc) is 2.29. The summed E-state index contributed by atoms with van der Waals surface area (Å²) >= 11 is 0. The molecular formula is C12H20N4. The number of aromatic nitrogens is 2. The van der Waals surface area contributed by atoms with Crippen LogP contribution in [0.4, 0.5) is 5.82 Å². The van der Waals surface area contributed by atoms with Crippen LogP contribution in [0.15, 0.2) is 12.4 Å². The van der Waals surface area contributed by atoms with Gasteiger partial charge < -0.3 is 9.80 Å². The largest absolute Gasteiger partial charge is 0.361 e. The van der Waals surface area contributed by atoms with Crippen molar-refractivity contribution in [3.8, 4) is 0 Å². The molecule has 1 saturated heterocycles. The lowest BCUT2D eigenvalue weighted by Gasteiger charge is -2.29. The normalized spacial score (nSPS) is 22.1. The second-order valence-corrected chi connectivity index (χ2v) is 4.80. The van der Waals surface area contributed by atoms with Gasteiger partial charge in [0.2, 0.25) is 0 Å². The molecule has 2 rings (SSSR count). The summed E-state index contributed by atoms with van der Waals surface area (Å²) in [6.45, 7) is 2.31. The molecule has 0 bridgehead atoms. The highest BCUT2D eigenvalue weighted by molar-refractivity contribution is 5.34. The summed E-state index contributed by atoms with van der Waals surface area (Å²) in [5.41, 5.74) is 1.14. The van der Waals surface area contributed by atoms with Crippen molar-refractivity contribution in [2.75, 3.05) is 39.1 Å². The Morgan fingerprint density at radius 3 is 2.88 bits per heavy atom. The minimum atomic E-state index is 0.547. The number of hydrogen-bond acceptors (Lipinski definition) is 4. The van der Waals surface area contributed by atoms with Crippen LogP contribution in [0.25, 0.3) is 0 Å². The fraction of sp³-hybridized carbons (Fsp3) is 0.667. The first-order valence-electron chi connectivity index (χ1n) is 5.84. The van der Waals surface area contributed by atoms with E-state index in [1.165, 1.54) is 19.4 Å². The number of rotatable bonds is 2. The third-order valence-corrected chi connectivity index (χ3v) is 3.14. The van der Waals surface area contributed by atoms with Gasteiger partial charge in [0.25, 0.3) is 0 Å². The van der Waals surface area contributed by atoms with Crippen LogP contribution < -0.4 is 4.90 Å². The monoisotopic (exact) mass is 220 g/mol. The quantitative estimate of drug-likeness (QED) is 0.753. The number of piperidine rings is 1. The molecule has 0 spiro atoms. The molecule has 4 nitrogen and oxygen atoms in total. The number of hydrogen-bond donors (Lipinski definition) is 0. The Bertz CT molecular complexity index is 351. The van der Waals surface area contributed by atoms with Gasteiger partial charge in [-0.15, -0.1) is 0 Å². The standard InChI is InChI=1S/C12H20N4/c1-15(2)12-8-13-7-11(14-12)10-5-4-6-16(3)9-10/h7-8,10H,4-6,9H2,1-3H3. The Labute approximate surface area is 97.3 Å². The van der Waals surface area contributed by atoms with Gasteiger partial charge >= 0.3 is 0 Å². The van der Waals surface area contributed by atoms with E-state index in [1.54, 1.807) is 0 Å². The summed E-state index contributed by atoms with van der Waals surface area (Å²) in [7, 11) is 6.18. The van der Waals surface area contributed by atoms with Crippen LogP contribution in [0.5, 0.6) is 0 Å². The van der Waals surface area contributed by atoms with Gasteiger partial charge in [-0.05, 0) is 26.4 Å². The third kappa shape index (κ3) is 2.50. The van der Waals surface area contributed by atoms with Gasteiger partial charge in [-0.25, -0.2) is 4.98 Å². The summed E-state index contributed by atoms with van der Waals surface area (Å²) < 4.78 is 0. The lowest BCUT2D eigenvalue weighted by Crippen LogP contribution is -2.31. The Morgan fingerprint density at radius 1 is 1.38 bits per heavy atom. The van der Waals surface area contributed by atoms with Gasteiger partial charge in [-0.1, -0.05) is 0 Å². The molecule has 1 unspecified atom stereocenters. The van der Waals surface area contributed by atoms with E-state index < -0.39 is 0 Å². The molecule has 1 aromatic heterocycles. The van der Waals surface area contributed by atoms with E-state index in [4.69, 9.17) is 0 Å². The van der Waals surface area contributed by atoms with Crippen LogP contribution in [0.2, 0.25) is 0 Å². The SMILES string of the molecule is CN1CCCC(c2cncc(N(C)C)n2)C1. The van der Waals surface area contributed by atoms with Gasteiger partial charge in [0.15, 0.2) is 0 Å². The third-order valence-electron chi connectivity index (χ3n) is 3.14. The van der Waals surface area contributed by atoms with E-state index >= 15 is 0 Å². The molecule has 0 saturated carbocycles. The van der Waals surface area contributed by atoms with E-state index in [9.17, 15) is 0 Å². The molecule has 0 aromatic carbocycles. The number of likely N-dealkylation sites (N-methyl/N-ethyl adjacent to an activating group) is 1. The summed E-state index contributed by atoms with van der Waals surface area (Å²) in [6, 6.07) is 0. The van der Waals surface area contributed by atoms with Gasteiger partial charge in [-0.2, -0.15) is 0 Å². The first kappa shape index (κ1) is 11.3. The van der Waals surface area contributed by atoms with Crippen LogP contribution >= 0.6 is 0 Å². The fourth-order valence-corrected chi connectivity index (χ4v) is 2.19. The van der Waals surface area contributed by atoms with Crippen molar-refractivity contribution < 1.29 is 0 Å². The molecule has 88 valence electrons. The lowest BCUT2D eigenvalue weighted by atomic mass is 9.95. The van der Waals surface area contributed by atoms with Crippen molar-refractivity contribution in [3.05, 3.63) is 18.1 Å². The second kappa shape index (κ2) is 4.78. The topological polar surface area (TPSA) is 32.3 Å². The average molecular weight is 220 g/mol. The minimum Gasteiger partial charge on any atom is -0.361 e. The highest BCUT2D eigenvalue weighted by Crippen LogP contribution is 2.25. The molecule has 1 aromatic rings. The highest BCUT2D eigenvalue weighted by Gasteiger charge is 2.20.